The van der Waals surface area contributed by atoms with Crippen LogP contribution in [0.25, 0.3) is 0 Å². The summed E-state index contributed by atoms with van der Waals surface area (Å²) in [4.78, 5) is 1.42. The Morgan fingerprint density at radius 1 is 1.33 bits per heavy atom. The molecule has 0 spiro atoms. The summed E-state index contributed by atoms with van der Waals surface area (Å²) < 4.78 is 0.914. The quantitative estimate of drug-likeness (QED) is 0.823. The summed E-state index contributed by atoms with van der Waals surface area (Å²) in [6.07, 6.45) is 6.72. The minimum atomic E-state index is 0.636. The summed E-state index contributed by atoms with van der Waals surface area (Å²) in [7, 11) is 0. The first kappa shape index (κ1) is 14.4. The number of likely N-dealkylation sites (N-methyl/N-ethyl adjacent to an activating group) is 1. The highest BCUT2D eigenvalue weighted by atomic mass is 35.5. The van der Waals surface area contributed by atoms with Gasteiger partial charge in [-0.1, -0.05) is 38.3 Å². The molecule has 1 nitrogen and oxygen atoms in total. The van der Waals surface area contributed by atoms with Crippen molar-refractivity contribution in [3.8, 4) is 0 Å². The highest BCUT2D eigenvalue weighted by Crippen LogP contribution is 2.32. The van der Waals surface area contributed by atoms with E-state index in [1.807, 2.05) is 6.07 Å². The van der Waals surface area contributed by atoms with Crippen molar-refractivity contribution in [3.05, 3.63) is 21.3 Å². The molecular weight excluding hydrogens is 262 g/mol. The van der Waals surface area contributed by atoms with Crippen LogP contribution in [-0.2, 0) is 6.42 Å². The number of rotatable bonds is 5. The van der Waals surface area contributed by atoms with Crippen LogP contribution >= 0.6 is 22.9 Å². The molecule has 0 saturated heterocycles. The zero-order chi connectivity index (χ0) is 13.0. The first-order chi connectivity index (χ1) is 8.69. The molecule has 2 rings (SSSR count). The second kappa shape index (κ2) is 6.93. The molecule has 0 aromatic carbocycles. The van der Waals surface area contributed by atoms with Gasteiger partial charge in [-0.3, -0.25) is 0 Å². The molecule has 0 bridgehead atoms. The van der Waals surface area contributed by atoms with E-state index < -0.39 is 0 Å². The van der Waals surface area contributed by atoms with Crippen molar-refractivity contribution in [2.45, 2.75) is 52.0 Å². The van der Waals surface area contributed by atoms with E-state index in [0.717, 1.165) is 29.1 Å². The molecule has 1 aromatic heterocycles. The normalized spacial score (nSPS) is 26.2. The Balaban J connectivity index is 1.94. The van der Waals surface area contributed by atoms with Crippen molar-refractivity contribution < 1.29 is 0 Å². The van der Waals surface area contributed by atoms with Crippen LogP contribution in [0.5, 0.6) is 0 Å². The van der Waals surface area contributed by atoms with Crippen LogP contribution in [0.3, 0.4) is 0 Å². The molecule has 3 heteroatoms. The molecule has 0 aliphatic heterocycles. The van der Waals surface area contributed by atoms with Gasteiger partial charge in [0.2, 0.25) is 0 Å². The fourth-order valence-corrected chi connectivity index (χ4v) is 4.18. The molecule has 1 N–H and O–H groups in total. The van der Waals surface area contributed by atoms with Gasteiger partial charge in [0.1, 0.15) is 0 Å². The van der Waals surface area contributed by atoms with Crippen LogP contribution in [0.4, 0.5) is 0 Å². The predicted molar refractivity (Wildman–Crippen MR) is 81.6 cm³/mol. The van der Waals surface area contributed by atoms with Gasteiger partial charge >= 0.3 is 0 Å². The smallest absolute Gasteiger partial charge is 0.0931 e. The number of nitrogens with one attached hydrogen (secondary N) is 1. The average molecular weight is 286 g/mol. The Bertz CT molecular complexity index is 355. The second-order valence-corrected chi connectivity index (χ2v) is 7.39. The fourth-order valence-electron chi connectivity index (χ4n) is 3.03. The zero-order valence-corrected chi connectivity index (χ0v) is 13.0. The molecule has 18 heavy (non-hydrogen) atoms. The Hall–Kier alpha value is -0.0500. The second-order valence-electron chi connectivity index (χ2n) is 5.59. The average Bonchev–Trinajstić information content (AvgIpc) is 2.75. The molecule has 1 atom stereocenters. The summed E-state index contributed by atoms with van der Waals surface area (Å²) in [6.45, 7) is 5.66. The van der Waals surface area contributed by atoms with Crippen molar-refractivity contribution in [3.63, 3.8) is 0 Å². The third-order valence-corrected chi connectivity index (χ3v) is 5.40. The third-order valence-electron chi connectivity index (χ3n) is 4.15. The van der Waals surface area contributed by atoms with Crippen molar-refractivity contribution in [2.24, 2.45) is 11.8 Å². The molecular formula is C15H24ClNS. The van der Waals surface area contributed by atoms with E-state index in [0.29, 0.717) is 6.04 Å². The molecule has 1 aromatic rings. The van der Waals surface area contributed by atoms with Crippen molar-refractivity contribution in [1.82, 2.24) is 5.32 Å². The SMILES string of the molecule is CCNC(Cc1ccc(Cl)s1)C1CCC(C)CC1. The predicted octanol–water partition coefficient (Wildman–Crippen LogP) is 4.75. The molecule has 1 saturated carbocycles. The first-order valence-corrected chi connectivity index (χ1v) is 8.36. The van der Waals surface area contributed by atoms with Crippen LogP contribution in [0, 0.1) is 11.8 Å². The minimum Gasteiger partial charge on any atom is -0.314 e. The van der Waals surface area contributed by atoms with Crippen molar-refractivity contribution in [1.29, 1.82) is 0 Å². The van der Waals surface area contributed by atoms with E-state index in [1.54, 1.807) is 11.3 Å². The summed E-state index contributed by atoms with van der Waals surface area (Å²) in [5.74, 6) is 1.78. The number of thiophene rings is 1. The van der Waals surface area contributed by atoms with Gasteiger partial charge in [-0.2, -0.15) is 0 Å². The van der Waals surface area contributed by atoms with E-state index >= 15 is 0 Å². The molecule has 102 valence electrons. The molecule has 1 fully saturated rings. The van der Waals surface area contributed by atoms with E-state index in [2.05, 4.69) is 25.2 Å². The van der Waals surface area contributed by atoms with Gasteiger partial charge in [-0.15, -0.1) is 11.3 Å². The molecule has 1 heterocycles. The van der Waals surface area contributed by atoms with Gasteiger partial charge in [0.15, 0.2) is 0 Å². The first-order valence-electron chi connectivity index (χ1n) is 7.16. The van der Waals surface area contributed by atoms with E-state index in [9.17, 15) is 0 Å². The lowest BCUT2D eigenvalue weighted by Crippen LogP contribution is -2.39. The van der Waals surface area contributed by atoms with E-state index in [-0.39, 0.29) is 0 Å². The lowest BCUT2D eigenvalue weighted by atomic mass is 9.78. The maximum Gasteiger partial charge on any atom is 0.0931 e. The summed E-state index contributed by atoms with van der Waals surface area (Å²) in [5, 5.41) is 3.69. The van der Waals surface area contributed by atoms with Crippen molar-refractivity contribution in [2.75, 3.05) is 6.54 Å². The van der Waals surface area contributed by atoms with Gasteiger partial charge in [-0.05, 0) is 49.8 Å². The molecule has 1 aliphatic rings. The van der Waals surface area contributed by atoms with Crippen LogP contribution in [-0.4, -0.2) is 12.6 Å². The van der Waals surface area contributed by atoms with Crippen LogP contribution < -0.4 is 5.32 Å². The topological polar surface area (TPSA) is 12.0 Å². The van der Waals surface area contributed by atoms with Crippen LogP contribution in [0.15, 0.2) is 12.1 Å². The van der Waals surface area contributed by atoms with Crippen LogP contribution in [0.2, 0.25) is 4.34 Å². The lowest BCUT2D eigenvalue weighted by Gasteiger charge is -2.33. The van der Waals surface area contributed by atoms with E-state index in [1.165, 1.54) is 30.6 Å². The van der Waals surface area contributed by atoms with E-state index in [4.69, 9.17) is 11.6 Å². The Morgan fingerprint density at radius 3 is 2.61 bits per heavy atom. The Labute approximate surface area is 120 Å². The lowest BCUT2D eigenvalue weighted by molar-refractivity contribution is 0.231. The van der Waals surface area contributed by atoms with Gasteiger partial charge < -0.3 is 5.32 Å². The number of halogens is 1. The highest BCUT2D eigenvalue weighted by Gasteiger charge is 2.25. The Kier molecular flexibility index (Phi) is 5.53. The van der Waals surface area contributed by atoms with Crippen molar-refractivity contribution >= 4 is 22.9 Å². The Morgan fingerprint density at radius 2 is 2.06 bits per heavy atom. The fraction of sp³-hybridized carbons (Fsp3) is 0.733. The standard InChI is InChI=1S/C15H24ClNS/c1-3-17-14(10-13-8-9-15(16)18-13)12-6-4-11(2)5-7-12/h8-9,11-12,14,17H,3-7,10H2,1-2H3. The van der Waals surface area contributed by atoms with Gasteiger partial charge in [-0.25, -0.2) is 0 Å². The summed E-state index contributed by atoms with van der Waals surface area (Å²) >= 11 is 7.76. The van der Waals surface area contributed by atoms with Gasteiger partial charge in [0, 0.05) is 10.9 Å². The molecule has 0 radical (unpaired) electrons. The van der Waals surface area contributed by atoms with Crippen LogP contribution in [0.1, 0.15) is 44.4 Å². The largest absolute Gasteiger partial charge is 0.314 e. The van der Waals surface area contributed by atoms with Gasteiger partial charge in [0.05, 0.1) is 4.34 Å². The third kappa shape index (κ3) is 3.97. The maximum atomic E-state index is 6.02. The highest BCUT2D eigenvalue weighted by molar-refractivity contribution is 7.16. The molecule has 1 unspecified atom stereocenters. The maximum absolute atomic E-state index is 6.02. The number of hydrogen-bond acceptors (Lipinski definition) is 2. The van der Waals surface area contributed by atoms with Gasteiger partial charge in [0.25, 0.3) is 0 Å². The molecule has 1 aliphatic carbocycles. The summed E-state index contributed by atoms with van der Waals surface area (Å²) in [5.41, 5.74) is 0. The summed E-state index contributed by atoms with van der Waals surface area (Å²) in [6, 6.07) is 4.84. The zero-order valence-electron chi connectivity index (χ0n) is 11.4. The number of hydrogen-bond donors (Lipinski definition) is 1. The molecule has 0 amide bonds. The minimum absolute atomic E-state index is 0.636. The monoisotopic (exact) mass is 285 g/mol.